The molecule has 4 heteroatoms. The summed E-state index contributed by atoms with van der Waals surface area (Å²) >= 11 is 0. The number of nitrogens with one attached hydrogen (secondary N) is 2. The molecule has 94 valence electrons. The summed E-state index contributed by atoms with van der Waals surface area (Å²) in [5, 5.41) is 5.93. The standard InChI is InChI=1S/C14H16N2O2/c17-12-8-11(15-14(18)10-6-7-10)13(16-12)9-4-2-1-3-5-9/h1-5,10-11,13H,6-8H2,(H,15,18)(H,16,17)/t11?,13-/m1/s1. The van der Waals surface area contributed by atoms with Gasteiger partial charge < -0.3 is 10.6 Å². The Labute approximate surface area is 106 Å². The second-order valence-corrected chi connectivity index (χ2v) is 5.05. The van der Waals surface area contributed by atoms with Crippen LogP contribution in [-0.4, -0.2) is 17.9 Å². The summed E-state index contributed by atoms with van der Waals surface area (Å²) in [5.41, 5.74) is 1.05. The lowest BCUT2D eigenvalue weighted by molar-refractivity contribution is -0.123. The second-order valence-electron chi connectivity index (χ2n) is 5.05. The van der Waals surface area contributed by atoms with Gasteiger partial charge in [0, 0.05) is 12.3 Å². The van der Waals surface area contributed by atoms with E-state index < -0.39 is 0 Å². The maximum absolute atomic E-state index is 11.8. The van der Waals surface area contributed by atoms with Crippen molar-refractivity contribution in [2.45, 2.75) is 31.3 Å². The Morgan fingerprint density at radius 2 is 1.94 bits per heavy atom. The maximum Gasteiger partial charge on any atom is 0.223 e. The van der Waals surface area contributed by atoms with E-state index in [1.54, 1.807) is 0 Å². The topological polar surface area (TPSA) is 58.2 Å². The quantitative estimate of drug-likeness (QED) is 0.837. The van der Waals surface area contributed by atoms with E-state index in [9.17, 15) is 9.59 Å². The van der Waals surface area contributed by atoms with E-state index in [1.165, 1.54) is 0 Å². The first-order valence-electron chi connectivity index (χ1n) is 6.39. The van der Waals surface area contributed by atoms with Crippen molar-refractivity contribution in [2.24, 2.45) is 5.92 Å². The molecule has 1 aromatic rings. The average Bonchev–Trinajstić information content (AvgIpc) is 3.16. The summed E-state index contributed by atoms with van der Waals surface area (Å²) in [5.74, 6) is 0.277. The minimum Gasteiger partial charge on any atom is -0.350 e. The van der Waals surface area contributed by atoms with Crippen LogP contribution in [0.3, 0.4) is 0 Å². The van der Waals surface area contributed by atoms with Crippen LogP contribution in [-0.2, 0) is 9.59 Å². The van der Waals surface area contributed by atoms with Crippen LogP contribution >= 0.6 is 0 Å². The van der Waals surface area contributed by atoms with Crippen LogP contribution < -0.4 is 10.6 Å². The van der Waals surface area contributed by atoms with Crippen molar-refractivity contribution in [1.29, 1.82) is 0 Å². The van der Waals surface area contributed by atoms with Crippen molar-refractivity contribution in [3.8, 4) is 0 Å². The predicted molar refractivity (Wildman–Crippen MR) is 66.6 cm³/mol. The van der Waals surface area contributed by atoms with Crippen LogP contribution in [0.1, 0.15) is 30.9 Å². The molecule has 2 atom stereocenters. The molecule has 0 bridgehead atoms. The van der Waals surface area contributed by atoms with Gasteiger partial charge in [0.25, 0.3) is 0 Å². The SMILES string of the molecule is O=C1CC(NC(=O)C2CC2)[C@@H](c2ccccc2)N1. The third-order valence-corrected chi connectivity index (χ3v) is 3.56. The molecule has 0 aromatic heterocycles. The Balaban J connectivity index is 1.74. The van der Waals surface area contributed by atoms with Gasteiger partial charge in [-0.3, -0.25) is 9.59 Å². The minimum atomic E-state index is -0.118. The normalized spacial score (nSPS) is 26.8. The Bertz CT molecular complexity index is 468. The van der Waals surface area contributed by atoms with E-state index in [4.69, 9.17) is 0 Å². The monoisotopic (exact) mass is 244 g/mol. The Kier molecular flexibility index (Phi) is 2.78. The van der Waals surface area contributed by atoms with Crippen LogP contribution in [0.4, 0.5) is 0 Å². The minimum absolute atomic E-state index is 0.00458. The molecule has 1 aromatic carbocycles. The molecule has 3 rings (SSSR count). The van der Waals surface area contributed by atoms with E-state index >= 15 is 0 Å². The first-order chi connectivity index (χ1) is 8.74. The van der Waals surface area contributed by atoms with Crippen LogP contribution in [0.2, 0.25) is 0 Å². The third kappa shape index (κ3) is 2.23. The Hall–Kier alpha value is -1.84. The number of hydrogen-bond acceptors (Lipinski definition) is 2. The molecule has 2 amide bonds. The first-order valence-corrected chi connectivity index (χ1v) is 6.39. The number of carbonyl (C=O) groups is 2. The number of hydrogen-bond donors (Lipinski definition) is 2. The molecular formula is C14H16N2O2. The summed E-state index contributed by atoms with van der Waals surface area (Å²) < 4.78 is 0. The lowest BCUT2D eigenvalue weighted by Gasteiger charge is -2.20. The lowest BCUT2D eigenvalue weighted by atomic mass is 10.0. The van der Waals surface area contributed by atoms with Gasteiger partial charge in [-0.25, -0.2) is 0 Å². The molecule has 0 radical (unpaired) electrons. The van der Waals surface area contributed by atoms with Crippen LogP contribution in [0.5, 0.6) is 0 Å². The first kappa shape index (κ1) is 11.3. The van der Waals surface area contributed by atoms with Gasteiger partial charge in [0.15, 0.2) is 0 Å². The van der Waals surface area contributed by atoms with Crippen molar-refractivity contribution >= 4 is 11.8 Å². The summed E-state index contributed by atoms with van der Waals surface area (Å²) in [6, 6.07) is 9.57. The fourth-order valence-electron chi connectivity index (χ4n) is 2.41. The van der Waals surface area contributed by atoms with Gasteiger partial charge in [-0.2, -0.15) is 0 Å². The van der Waals surface area contributed by atoms with E-state index in [-0.39, 0.29) is 29.8 Å². The number of benzene rings is 1. The molecule has 1 aliphatic heterocycles. The van der Waals surface area contributed by atoms with Gasteiger partial charge in [0.1, 0.15) is 0 Å². The van der Waals surface area contributed by atoms with E-state index in [1.807, 2.05) is 30.3 Å². The van der Waals surface area contributed by atoms with Gasteiger partial charge in [0.05, 0.1) is 12.1 Å². The molecule has 1 aliphatic carbocycles. The summed E-state index contributed by atoms with van der Waals surface area (Å²) in [4.78, 5) is 23.3. The molecule has 0 spiro atoms. The van der Waals surface area contributed by atoms with Crippen molar-refractivity contribution < 1.29 is 9.59 Å². The summed E-state index contributed by atoms with van der Waals surface area (Å²) in [6.07, 6.45) is 2.34. The molecule has 1 heterocycles. The highest BCUT2D eigenvalue weighted by atomic mass is 16.2. The zero-order valence-electron chi connectivity index (χ0n) is 10.1. The molecule has 2 aliphatic rings. The summed E-state index contributed by atoms with van der Waals surface area (Å²) in [6.45, 7) is 0. The molecule has 2 fully saturated rings. The molecule has 1 unspecified atom stereocenters. The van der Waals surface area contributed by atoms with Crippen molar-refractivity contribution in [3.63, 3.8) is 0 Å². The van der Waals surface area contributed by atoms with Gasteiger partial charge in [0.2, 0.25) is 11.8 Å². The van der Waals surface area contributed by atoms with Gasteiger partial charge >= 0.3 is 0 Å². The van der Waals surface area contributed by atoms with Crippen LogP contribution in [0.25, 0.3) is 0 Å². The highest BCUT2D eigenvalue weighted by Crippen LogP contribution is 2.31. The van der Waals surface area contributed by atoms with Gasteiger partial charge in [-0.1, -0.05) is 30.3 Å². The fourth-order valence-corrected chi connectivity index (χ4v) is 2.41. The number of carbonyl (C=O) groups excluding carboxylic acids is 2. The molecule has 18 heavy (non-hydrogen) atoms. The molecule has 4 nitrogen and oxygen atoms in total. The molecule has 1 saturated carbocycles. The van der Waals surface area contributed by atoms with E-state index in [2.05, 4.69) is 10.6 Å². The second kappa shape index (κ2) is 4.44. The van der Waals surface area contributed by atoms with Crippen molar-refractivity contribution in [1.82, 2.24) is 10.6 Å². The zero-order chi connectivity index (χ0) is 12.5. The number of rotatable bonds is 3. The lowest BCUT2D eigenvalue weighted by Crippen LogP contribution is -2.39. The largest absolute Gasteiger partial charge is 0.350 e. The average molecular weight is 244 g/mol. The molecular weight excluding hydrogens is 228 g/mol. The fraction of sp³-hybridized carbons (Fsp3) is 0.429. The van der Waals surface area contributed by atoms with E-state index in [0.29, 0.717) is 6.42 Å². The highest BCUT2D eigenvalue weighted by Gasteiger charge is 2.37. The summed E-state index contributed by atoms with van der Waals surface area (Å²) in [7, 11) is 0. The van der Waals surface area contributed by atoms with Crippen LogP contribution in [0, 0.1) is 5.92 Å². The van der Waals surface area contributed by atoms with Crippen molar-refractivity contribution in [3.05, 3.63) is 35.9 Å². The third-order valence-electron chi connectivity index (χ3n) is 3.56. The van der Waals surface area contributed by atoms with E-state index in [0.717, 1.165) is 18.4 Å². The van der Waals surface area contributed by atoms with Gasteiger partial charge in [-0.05, 0) is 18.4 Å². The van der Waals surface area contributed by atoms with Crippen molar-refractivity contribution in [2.75, 3.05) is 0 Å². The maximum atomic E-state index is 11.8. The predicted octanol–water partition coefficient (Wildman–Crippen LogP) is 1.14. The Morgan fingerprint density at radius 3 is 2.61 bits per heavy atom. The van der Waals surface area contributed by atoms with Gasteiger partial charge in [-0.15, -0.1) is 0 Å². The molecule has 2 N–H and O–H groups in total. The van der Waals surface area contributed by atoms with Crippen LogP contribution in [0.15, 0.2) is 30.3 Å². The zero-order valence-corrected chi connectivity index (χ0v) is 10.1. The smallest absolute Gasteiger partial charge is 0.223 e. The highest BCUT2D eigenvalue weighted by molar-refractivity contribution is 5.84. The number of amides is 2. The Morgan fingerprint density at radius 1 is 1.22 bits per heavy atom. The molecule has 1 saturated heterocycles.